The number of aromatic nitrogens is 3. The van der Waals surface area contributed by atoms with E-state index in [1.54, 1.807) is 18.1 Å². The lowest BCUT2D eigenvalue weighted by molar-refractivity contribution is 0.410. The van der Waals surface area contributed by atoms with Crippen LogP contribution in [-0.2, 0) is 13.0 Å². The maximum atomic E-state index is 5.47. The van der Waals surface area contributed by atoms with Crippen molar-refractivity contribution < 1.29 is 4.74 Å². The number of nitrogen functional groups attached to an aromatic ring is 1. The number of benzene rings is 1. The van der Waals surface area contributed by atoms with Gasteiger partial charge in [0.1, 0.15) is 12.1 Å². The molecule has 17 heavy (non-hydrogen) atoms. The minimum Gasteiger partial charge on any atom is -0.496 e. The smallest absolute Gasteiger partial charge is 0.239 e. The Morgan fingerprint density at radius 2 is 2.24 bits per heavy atom. The van der Waals surface area contributed by atoms with Crippen molar-refractivity contribution in [1.82, 2.24) is 14.8 Å². The van der Waals surface area contributed by atoms with Crippen molar-refractivity contribution in [2.75, 3.05) is 12.8 Å². The number of ether oxygens (including phenoxy) is 1. The summed E-state index contributed by atoms with van der Waals surface area (Å²) in [6.07, 6.45) is 2.57. The van der Waals surface area contributed by atoms with Gasteiger partial charge in [-0.25, -0.2) is 9.67 Å². The summed E-state index contributed by atoms with van der Waals surface area (Å²) in [5, 5.41) is 4.06. The molecular formula is C12H16N4O. The first-order valence-electron chi connectivity index (χ1n) is 5.53. The van der Waals surface area contributed by atoms with Gasteiger partial charge in [0, 0.05) is 0 Å². The lowest BCUT2D eigenvalue weighted by atomic mass is 10.1. The van der Waals surface area contributed by atoms with Crippen LogP contribution in [0.4, 0.5) is 5.95 Å². The fourth-order valence-corrected chi connectivity index (χ4v) is 1.78. The van der Waals surface area contributed by atoms with Gasteiger partial charge in [0.2, 0.25) is 5.95 Å². The summed E-state index contributed by atoms with van der Waals surface area (Å²) in [5.41, 5.74) is 7.82. The van der Waals surface area contributed by atoms with Crippen molar-refractivity contribution in [3.63, 3.8) is 0 Å². The molecule has 0 bridgehead atoms. The topological polar surface area (TPSA) is 66.0 Å². The minimum absolute atomic E-state index is 0.300. The van der Waals surface area contributed by atoms with Crippen molar-refractivity contribution in [3.8, 4) is 5.75 Å². The van der Waals surface area contributed by atoms with E-state index in [1.807, 2.05) is 12.1 Å². The third-order valence-corrected chi connectivity index (χ3v) is 2.62. The second kappa shape index (κ2) is 4.86. The molecule has 90 valence electrons. The van der Waals surface area contributed by atoms with Gasteiger partial charge in [-0.15, -0.1) is 5.10 Å². The Bertz CT molecular complexity index is 507. The average Bonchev–Trinajstić information content (AvgIpc) is 2.74. The number of nitrogens with zero attached hydrogens (tertiary/aromatic N) is 3. The summed E-state index contributed by atoms with van der Waals surface area (Å²) in [6.45, 7) is 2.77. The van der Waals surface area contributed by atoms with Crippen molar-refractivity contribution in [2.45, 2.75) is 19.9 Å². The van der Waals surface area contributed by atoms with E-state index in [1.165, 1.54) is 5.56 Å². The zero-order valence-corrected chi connectivity index (χ0v) is 10.1. The van der Waals surface area contributed by atoms with E-state index in [0.29, 0.717) is 12.5 Å². The molecule has 2 N–H and O–H groups in total. The fraction of sp³-hybridized carbons (Fsp3) is 0.333. The zero-order chi connectivity index (χ0) is 12.3. The molecule has 0 aliphatic carbocycles. The molecule has 2 aromatic rings. The van der Waals surface area contributed by atoms with Crippen LogP contribution in [0.15, 0.2) is 24.5 Å². The molecule has 1 aromatic heterocycles. The van der Waals surface area contributed by atoms with E-state index in [-0.39, 0.29) is 0 Å². The number of anilines is 1. The normalized spacial score (nSPS) is 10.5. The number of hydrogen-bond acceptors (Lipinski definition) is 4. The highest BCUT2D eigenvalue weighted by Crippen LogP contribution is 2.20. The van der Waals surface area contributed by atoms with Crippen LogP contribution in [0.25, 0.3) is 0 Å². The molecule has 0 amide bonds. The Labute approximate surface area is 100 Å². The standard InChI is InChI=1S/C12H16N4O/c1-3-10-6-9(4-5-11(10)17-2)7-16-8-14-12(13)15-16/h4-6,8H,3,7H2,1-2H3,(H2,13,15). The second-order valence-corrected chi connectivity index (χ2v) is 3.80. The van der Waals surface area contributed by atoms with Crippen LogP contribution in [0.5, 0.6) is 5.75 Å². The highest BCUT2D eigenvalue weighted by Gasteiger charge is 2.04. The Morgan fingerprint density at radius 3 is 2.82 bits per heavy atom. The minimum atomic E-state index is 0.300. The second-order valence-electron chi connectivity index (χ2n) is 3.80. The first-order valence-corrected chi connectivity index (χ1v) is 5.53. The highest BCUT2D eigenvalue weighted by molar-refractivity contribution is 5.37. The van der Waals surface area contributed by atoms with Gasteiger partial charge >= 0.3 is 0 Å². The third-order valence-electron chi connectivity index (χ3n) is 2.62. The van der Waals surface area contributed by atoms with Gasteiger partial charge in [0.15, 0.2) is 0 Å². The number of hydrogen-bond donors (Lipinski definition) is 1. The van der Waals surface area contributed by atoms with Crippen LogP contribution in [0.2, 0.25) is 0 Å². The van der Waals surface area contributed by atoms with Gasteiger partial charge in [-0.2, -0.15) is 0 Å². The number of nitrogens with two attached hydrogens (primary N) is 1. The van der Waals surface area contributed by atoms with E-state index < -0.39 is 0 Å². The fourth-order valence-electron chi connectivity index (χ4n) is 1.78. The SMILES string of the molecule is CCc1cc(Cn2cnc(N)n2)ccc1OC. The molecule has 0 fully saturated rings. The van der Waals surface area contributed by atoms with Crippen LogP contribution in [-0.4, -0.2) is 21.9 Å². The molecular weight excluding hydrogens is 216 g/mol. The molecule has 1 heterocycles. The van der Waals surface area contributed by atoms with Gasteiger partial charge in [-0.3, -0.25) is 0 Å². The highest BCUT2D eigenvalue weighted by atomic mass is 16.5. The molecule has 0 atom stereocenters. The van der Waals surface area contributed by atoms with E-state index in [2.05, 4.69) is 23.1 Å². The van der Waals surface area contributed by atoms with E-state index >= 15 is 0 Å². The van der Waals surface area contributed by atoms with Gasteiger partial charge in [0.05, 0.1) is 13.7 Å². The van der Waals surface area contributed by atoms with Gasteiger partial charge < -0.3 is 10.5 Å². The molecule has 5 heteroatoms. The van der Waals surface area contributed by atoms with Crippen LogP contribution < -0.4 is 10.5 Å². The quantitative estimate of drug-likeness (QED) is 0.867. The van der Waals surface area contributed by atoms with Crippen molar-refractivity contribution in [2.24, 2.45) is 0 Å². The molecule has 5 nitrogen and oxygen atoms in total. The molecule has 0 spiro atoms. The number of aryl methyl sites for hydroxylation is 1. The van der Waals surface area contributed by atoms with Gasteiger partial charge in [-0.05, 0) is 23.6 Å². The predicted octanol–water partition coefficient (Wildman–Crippen LogP) is 1.48. The van der Waals surface area contributed by atoms with Gasteiger partial charge in [-0.1, -0.05) is 19.1 Å². The zero-order valence-electron chi connectivity index (χ0n) is 10.1. The molecule has 1 aromatic carbocycles. The summed E-state index contributed by atoms with van der Waals surface area (Å²) in [4.78, 5) is 3.89. The Kier molecular flexibility index (Phi) is 3.27. The summed E-state index contributed by atoms with van der Waals surface area (Å²) in [6, 6.07) is 6.13. The summed E-state index contributed by atoms with van der Waals surface area (Å²) >= 11 is 0. The molecule has 0 aliphatic rings. The van der Waals surface area contributed by atoms with E-state index in [4.69, 9.17) is 10.5 Å². The first kappa shape index (κ1) is 11.4. The summed E-state index contributed by atoms with van der Waals surface area (Å²) < 4.78 is 7.01. The Morgan fingerprint density at radius 1 is 1.41 bits per heavy atom. The molecule has 0 saturated carbocycles. The largest absolute Gasteiger partial charge is 0.496 e. The average molecular weight is 232 g/mol. The number of rotatable bonds is 4. The molecule has 0 aliphatic heterocycles. The van der Waals surface area contributed by atoms with Crippen LogP contribution in [0, 0.1) is 0 Å². The van der Waals surface area contributed by atoms with E-state index in [0.717, 1.165) is 17.7 Å². The number of methoxy groups -OCH3 is 1. The molecule has 2 rings (SSSR count). The Balaban J connectivity index is 2.22. The molecule has 0 radical (unpaired) electrons. The van der Waals surface area contributed by atoms with Crippen molar-refractivity contribution in [3.05, 3.63) is 35.7 Å². The van der Waals surface area contributed by atoms with Crippen LogP contribution in [0.3, 0.4) is 0 Å². The summed E-state index contributed by atoms with van der Waals surface area (Å²) in [7, 11) is 1.69. The molecule has 0 unspecified atom stereocenters. The monoisotopic (exact) mass is 232 g/mol. The lowest BCUT2D eigenvalue weighted by Gasteiger charge is -2.09. The third kappa shape index (κ3) is 2.55. The first-order chi connectivity index (χ1) is 8.22. The maximum Gasteiger partial charge on any atom is 0.239 e. The summed E-state index contributed by atoms with van der Waals surface area (Å²) in [5.74, 6) is 1.23. The van der Waals surface area contributed by atoms with Crippen LogP contribution >= 0.6 is 0 Å². The van der Waals surface area contributed by atoms with E-state index in [9.17, 15) is 0 Å². The predicted molar refractivity (Wildman–Crippen MR) is 65.9 cm³/mol. The van der Waals surface area contributed by atoms with Crippen molar-refractivity contribution >= 4 is 5.95 Å². The van der Waals surface area contributed by atoms with Gasteiger partial charge in [0.25, 0.3) is 0 Å². The lowest BCUT2D eigenvalue weighted by Crippen LogP contribution is -2.02. The maximum absolute atomic E-state index is 5.47. The van der Waals surface area contributed by atoms with Crippen molar-refractivity contribution in [1.29, 1.82) is 0 Å². The van der Waals surface area contributed by atoms with Crippen LogP contribution in [0.1, 0.15) is 18.1 Å². The molecule has 0 saturated heterocycles. The Hall–Kier alpha value is -2.04.